The number of H-pyrrole nitrogens is 1. The molecule has 3 aliphatic rings. The number of hydrogen-bond donors (Lipinski definition) is 3. The smallest absolute Gasteiger partial charge is 0.281 e. The van der Waals surface area contributed by atoms with Crippen LogP contribution in [0, 0.1) is 0 Å². The average molecular weight is 580 g/mol. The molecule has 0 saturated carbocycles. The molecule has 0 radical (unpaired) electrons. The summed E-state index contributed by atoms with van der Waals surface area (Å²) in [4.78, 5) is 20.8. The summed E-state index contributed by atoms with van der Waals surface area (Å²) in [6, 6.07) is 3.87. The van der Waals surface area contributed by atoms with Gasteiger partial charge >= 0.3 is 0 Å². The molecule has 2 fully saturated rings. The van der Waals surface area contributed by atoms with Crippen molar-refractivity contribution in [3.8, 4) is 0 Å². The largest absolute Gasteiger partial charge is 0.385 e. The molecule has 5 rings (SSSR count). The van der Waals surface area contributed by atoms with E-state index in [4.69, 9.17) is 16.3 Å². The fraction of sp³-hybridized carbons (Fsp3) is 0.577. The number of aromatic nitrogens is 1. The van der Waals surface area contributed by atoms with Gasteiger partial charge in [0.25, 0.3) is 10.2 Å². The highest BCUT2D eigenvalue weighted by Gasteiger charge is 2.37. The number of fused-ring (bicyclic) bond motifs is 3. The van der Waals surface area contributed by atoms with Crippen molar-refractivity contribution in [3.05, 3.63) is 34.6 Å². The Bertz CT molecular complexity index is 1370. The zero-order valence-corrected chi connectivity index (χ0v) is 24.5. The van der Waals surface area contributed by atoms with Gasteiger partial charge in [-0.05, 0) is 38.3 Å². The maximum absolute atomic E-state index is 13.3. The van der Waals surface area contributed by atoms with Gasteiger partial charge in [-0.1, -0.05) is 11.6 Å². The van der Waals surface area contributed by atoms with Gasteiger partial charge in [0, 0.05) is 75.0 Å². The van der Waals surface area contributed by atoms with Gasteiger partial charge in [-0.15, -0.1) is 0 Å². The van der Waals surface area contributed by atoms with E-state index >= 15 is 0 Å². The van der Waals surface area contributed by atoms with Crippen molar-refractivity contribution in [3.63, 3.8) is 0 Å². The lowest BCUT2D eigenvalue weighted by molar-refractivity contribution is -0.143. The Balaban J connectivity index is 1.26. The molecule has 0 aliphatic carbocycles. The molecule has 0 spiro atoms. The van der Waals surface area contributed by atoms with E-state index in [1.54, 1.807) is 4.90 Å². The zero-order valence-electron chi connectivity index (χ0n) is 23.0. The minimum Gasteiger partial charge on any atom is -0.385 e. The van der Waals surface area contributed by atoms with Crippen LogP contribution in [0.3, 0.4) is 0 Å². The molecule has 2 saturated heterocycles. The number of nitrogens with one attached hydrogen (secondary N) is 3. The zero-order chi connectivity index (χ0) is 27.9. The van der Waals surface area contributed by atoms with Crippen LogP contribution >= 0.6 is 11.6 Å². The molecule has 1 aromatic heterocycles. The highest BCUT2D eigenvalue weighted by atomic mass is 35.5. The van der Waals surface area contributed by atoms with Crippen LogP contribution in [-0.2, 0) is 26.3 Å². The first-order chi connectivity index (χ1) is 18.4. The number of ether oxygens (including phenoxy) is 1. The van der Waals surface area contributed by atoms with Crippen molar-refractivity contribution >= 4 is 50.4 Å². The first kappa shape index (κ1) is 28.2. The maximum Gasteiger partial charge on any atom is 0.281 e. The first-order valence-electron chi connectivity index (χ1n) is 13.3. The predicted molar refractivity (Wildman–Crippen MR) is 154 cm³/mol. The van der Waals surface area contributed by atoms with Crippen LogP contribution < -0.4 is 10.6 Å². The van der Waals surface area contributed by atoms with Crippen molar-refractivity contribution in [2.45, 2.75) is 32.0 Å². The highest BCUT2D eigenvalue weighted by Crippen LogP contribution is 2.34. The van der Waals surface area contributed by atoms with Crippen LogP contribution in [0.1, 0.15) is 25.1 Å². The molecule has 4 heterocycles. The van der Waals surface area contributed by atoms with Crippen LogP contribution in [0.4, 0.5) is 5.69 Å². The maximum atomic E-state index is 13.3. The summed E-state index contributed by atoms with van der Waals surface area (Å²) in [6.45, 7) is 8.06. The van der Waals surface area contributed by atoms with Crippen molar-refractivity contribution in [2.75, 3.05) is 71.8 Å². The van der Waals surface area contributed by atoms with Crippen molar-refractivity contribution < 1.29 is 17.9 Å². The Hall–Kier alpha value is -2.35. The summed E-state index contributed by atoms with van der Waals surface area (Å²) >= 11 is 6.50. The fourth-order valence-electron chi connectivity index (χ4n) is 5.47. The summed E-state index contributed by atoms with van der Waals surface area (Å²) in [7, 11) is -0.436. The van der Waals surface area contributed by atoms with Gasteiger partial charge in [0.1, 0.15) is 0 Å². The molecule has 13 heteroatoms. The molecule has 0 bridgehead atoms. The molecule has 1 aromatic carbocycles. The number of benzene rings is 1. The number of amides is 1. The van der Waals surface area contributed by atoms with E-state index in [0.29, 0.717) is 50.9 Å². The lowest BCUT2D eigenvalue weighted by Crippen LogP contribution is -2.60. The Kier molecular flexibility index (Phi) is 7.88. The molecular formula is C26H38ClN7O4S. The molecule has 1 atom stereocenters. The van der Waals surface area contributed by atoms with Gasteiger partial charge in [-0.2, -0.15) is 17.0 Å². The standard InChI is InChI=1S/C26H38ClN7O4S/c1-26(2)17-33(15-24(35)32-7-9-34(10-8-32)39(36,37)31(3)4)19(16-38-26)13-29-22-12-18(27)11-21-20-5-6-28-14-23(20)30-25(21)22/h5-6,11-12,19,28-30H,7-10,13-17H2,1-4H3. The third-order valence-electron chi connectivity index (χ3n) is 7.65. The second-order valence-corrected chi connectivity index (χ2v) is 13.8. The number of aromatic amines is 1. The van der Waals surface area contributed by atoms with E-state index in [-0.39, 0.29) is 24.1 Å². The lowest BCUT2D eigenvalue weighted by atomic mass is 10.0. The van der Waals surface area contributed by atoms with E-state index in [2.05, 4.69) is 26.6 Å². The van der Waals surface area contributed by atoms with Crippen molar-refractivity contribution in [1.29, 1.82) is 0 Å². The minimum absolute atomic E-state index is 0.000998. The molecule has 1 amide bonds. The number of nitrogens with zero attached hydrogens (tertiary/aromatic N) is 4. The Morgan fingerprint density at radius 2 is 1.97 bits per heavy atom. The quantitative estimate of drug-likeness (QED) is 0.458. The number of morpholine rings is 1. The van der Waals surface area contributed by atoms with Gasteiger partial charge in [0.05, 0.1) is 42.5 Å². The highest BCUT2D eigenvalue weighted by molar-refractivity contribution is 7.86. The van der Waals surface area contributed by atoms with E-state index in [1.807, 2.05) is 32.2 Å². The van der Waals surface area contributed by atoms with Crippen LogP contribution in [0.15, 0.2) is 18.3 Å². The second-order valence-electron chi connectivity index (χ2n) is 11.2. The number of carbonyl (C=O) groups excluding carboxylic acids is 1. The molecular weight excluding hydrogens is 542 g/mol. The second kappa shape index (κ2) is 10.9. The predicted octanol–water partition coefficient (Wildman–Crippen LogP) is 1.74. The van der Waals surface area contributed by atoms with Crippen LogP contribution in [-0.4, -0.2) is 116 Å². The van der Waals surface area contributed by atoms with Crippen molar-refractivity contribution in [2.24, 2.45) is 0 Å². The molecule has 214 valence electrons. The van der Waals surface area contributed by atoms with E-state index in [9.17, 15) is 13.2 Å². The number of piperazine rings is 1. The monoisotopic (exact) mass is 579 g/mol. The summed E-state index contributed by atoms with van der Waals surface area (Å²) in [5.41, 5.74) is 3.79. The first-order valence-corrected chi connectivity index (χ1v) is 15.0. The summed E-state index contributed by atoms with van der Waals surface area (Å²) in [5, 5.41) is 8.53. The Labute approximate surface area is 235 Å². The van der Waals surface area contributed by atoms with Gasteiger partial charge in [-0.25, -0.2) is 0 Å². The molecule has 2 aromatic rings. The van der Waals surface area contributed by atoms with Crippen LogP contribution in [0.25, 0.3) is 17.0 Å². The van der Waals surface area contributed by atoms with Crippen LogP contribution in [0.2, 0.25) is 5.02 Å². The van der Waals surface area contributed by atoms with Gasteiger partial charge in [-0.3, -0.25) is 9.69 Å². The van der Waals surface area contributed by atoms with E-state index < -0.39 is 10.2 Å². The van der Waals surface area contributed by atoms with Crippen molar-refractivity contribution in [1.82, 2.24) is 28.7 Å². The third kappa shape index (κ3) is 5.91. The topological polar surface area (TPSA) is 113 Å². The summed E-state index contributed by atoms with van der Waals surface area (Å²) in [5.74, 6) is 0.000998. The molecule has 39 heavy (non-hydrogen) atoms. The average Bonchev–Trinajstić information content (AvgIpc) is 3.26. The number of hydrogen-bond acceptors (Lipinski definition) is 7. The van der Waals surface area contributed by atoms with E-state index in [1.165, 1.54) is 22.7 Å². The fourth-order valence-corrected chi connectivity index (χ4v) is 6.78. The lowest BCUT2D eigenvalue weighted by Gasteiger charge is -2.44. The minimum atomic E-state index is -3.48. The third-order valence-corrected chi connectivity index (χ3v) is 9.81. The molecule has 1 unspecified atom stereocenters. The van der Waals surface area contributed by atoms with Crippen LogP contribution in [0.5, 0.6) is 0 Å². The van der Waals surface area contributed by atoms with Gasteiger partial charge in [0.2, 0.25) is 5.91 Å². The molecule has 3 aliphatic heterocycles. The number of halogens is 1. The summed E-state index contributed by atoms with van der Waals surface area (Å²) in [6.07, 6.45) is 4.00. The normalized spacial score (nSPS) is 22.2. The Morgan fingerprint density at radius 3 is 2.69 bits per heavy atom. The number of rotatable bonds is 7. The molecule has 3 N–H and O–H groups in total. The SMILES string of the molecule is CN(C)S(=O)(=O)N1CCN(C(=O)CN2CC(C)(C)OCC2CNc2cc(Cl)cc3c4c([nH]c23)CNC=C4)CC1. The number of anilines is 1. The Morgan fingerprint density at radius 1 is 1.23 bits per heavy atom. The molecule has 11 nitrogen and oxygen atoms in total. The summed E-state index contributed by atoms with van der Waals surface area (Å²) < 4.78 is 33.7. The number of carbonyl (C=O) groups is 1. The van der Waals surface area contributed by atoms with Gasteiger partial charge in [0.15, 0.2) is 0 Å². The van der Waals surface area contributed by atoms with Gasteiger partial charge < -0.3 is 25.3 Å². The van der Waals surface area contributed by atoms with E-state index in [0.717, 1.165) is 34.4 Å².